The molecule has 0 aliphatic carbocycles. The normalized spacial score (nSPS) is 12.5. The van der Waals surface area contributed by atoms with Gasteiger partial charge in [-0.25, -0.2) is 4.98 Å². The maximum absolute atomic E-state index is 14.2. The Balaban J connectivity index is 1.15. The van der Waals surface area contributed by atoms with E-state index >= 15 is 0 Å². The van der Waals surface area contributed by atoms with Gasteiger partial charge >= 0.3 is 24.7 Å². The summed E-state index contributed by atoms with van der Waals surface area (Å²) in [5, 5.41) is 13.4. The van der Waals surface area contributed by atoms with E-state index in [9.17, 15) is 57.9 Å². The van der Waals surface area contributed by atoms with Crippen LogP contribution in [0.5, 0.6) is 0 Å². The second-order valence-electron chi connectivity index (χ2n) is 19.1. The zero-order chi connectivity index (χ0) is 56.0. The van der Waals surface area contributed by atoms with Gasteiger partial charge in [0, 0.05) is 38.2 Å². The zero-order valence-electron chi connectivity index (χ0n) is 41.0. The van der Waals surface area contributed by atoms with Crippen LogP contribution in [0.2, 0.25) is 0 Å². The van der Waals surface area contributed by atoms with E-state index in [1.54, 1.807) is 71.3 Å². The van der Waals surface area contributed by atoms with Crippen LogP contribution in [0.3, 0.4) is 0 Å². The Morgan fingerprint density at radius 1 is 0.312 bits per heavy atom. The minimum Gasteiger partial charge on any atom is -0.309 e. The molecule has 3 aromatic heterocycles. The lowest BCUT2D eigenvalue weighted by Crippen LogP contribution is -2.11. The van der Waals surface area contributed by atoms with Crippen LogP contribution in [0.25, 0.3) is 111 Å². The molecule has 394 valence electrons. The van der Waals surface area contributed by atoms with Crippen molar-refractivity contribution in [2.75, 3.05) is 0 Å². The molecule has 0 N–H and O–H groups in total. The zero-order valence-corrected chi connectivity index (χ0v) is 41.0. The van der Waals surface area contributed by atoms with Gasteiger partial charge in [-0.05, 0) is 125 Å². The highest BCUT2D eigenvalue weighted by Crippen LogP contribution is 2.46. The third-order valence-corrected chi connectivity index (χ3v) is 14.2. The first-order valence-electron chi connectivity index (χ1n) is 24.5. The molecule has 12 aromatic rings. The predicted molar refractivity (Wildman–Crippen MR) is 285 cm³/mol. The van der Waals surface area contributed by atoms with Crippen LogP contribution in [-0.4, -0.2) is 14.1 Å². The Bertz CT molecular complexity index is 4360. The van der Waals surface area contributed by atoms with Crippen molar-refractivity contribution in [2.24, 2.45) is 0 Å². The number of pyridine rings is 1. The maximum atomic E-state index is 14.2. The molecular weight excluding hydrogens is 1050 g/mol. The number of hydrogen-bond donors (Lipinski definition) is 0. The van der Waals surface area contributed by atoms with E-state index in [1.165, 1.54) is 24.3 Å². The number of nitriles is 1. The minimum absolute atomic E-state index is 0.0654. The third-order valence-electron chi connectivity index (χ3n) is 14.2. The highest BCUT2D eigenvalue weighted by Gasteiger charge is 2.39. The molecule has 16 heteroatoms. The fraction of sp³-hybridized carbons (Fsp3) is 0.0625. The number of hydrogen-bond acceptors (Lipinski definition) is 2. The highest BCUT2D eigenvalue weighted by atomic mass is 19.4. The largest absolute Gasteiger partial charge is 0.416 e. The number of para-hydroxylation sites is 2. The van der Waals surface area contributed by atoms with Crippen LogP contribution in [0.1, 0.15) is 27.8 Å². The average Bonchev–Trinajstić information content (AvgIpc) is 4.15. The van der Waals surface area contributed by atoms with E-state index in [4.69, 9.17) is 4.98 Å². The molecule has 0 aliphatic heterocycles. The van der Waals surface area contributed by atoms with Crippen molar-refractivity contribution < 1.29 is 52.7 Å². The van der Waals surface area contributed by atoms with E-state index in [1.807, 2.05) is 83.4 Å². The Labute approximate surface area is 446 Å². The Kier molecular flexibility index (Phi) is 12.0. The lowest BCUT2D eigenvalue weighted by atomic mass is 9.96. The number of alkyl halides is 12. The first-order valence-corrected chi connectivity index (χ1v) is 24.5. The van der Waals surface area contributed by atoms with Gasteiger partial charge in [0.15, 0.2) is 0 Å². The summed E-state index contributed by atoms with van der Waals surface area (Å²) in [6.07, 6.45) is -20.4. The van der Waals surface area contributed by atoms with Crippen molar-refractivity contribution in [1.82, 2.24) is 14.1 Å². The van der Waals surface area contributed by atoms with Gasteiger partial charge in [0.25, 0.3) is 0 Å². The first-order chi connectivity index (χ1) is 38.1. The van der Waals surface area contributed by atoms with Crippen molar-refractivity contribution in [3.63, 3.8) is 0 Å². The molecule has 12 rings (SSSR count). The van der Waals surface area contributed by atoms with Crippen LogP contribution in [0, 0.1) is 11.3 Å². The Morgan fingerprint density at radius 3 is 1.09 bits per heavy atom. The van der Waals surface area contributed by atoms with Crippen LogP contribution < -0.4 is 0 Å². The summed E-state index contributed by atoms with van der Waals surface area (Å²) in [4.78, 5) is 5.10. The van der Waals surface area contributed by atoms with Gasteiger partial charge in [0.05, 0.1) is 72.6 Å². The fourth-order valence-corrected chi connectivity index (χ4v) is 10.5. The molecule has 0 radical (unpaired) electrons. The summed E-state index contributed by atoms with van der Waals surface area (Å²) in [5.74, 6) is 0. The summed E-state index contributed by atoms with van der Waals surface area (Å²) in [7, 11) is 0. The summed E-state index contributed by atoms with van der Waals surface area (Å²) >= 11 is 0. The second kappa shape index (κ2) is 18.8. The number of benzene rings is 9. The number of rotatable bonds is 7. The van der Waals surface area contributed by atoms with Crippen LogP contribution in [0.4, 0.5) is 52.7 Å². The van der Waals surface area contributed by atoms with Crippen LogP contribution in [-0.2, 0) is 24.7 Å². The predicted octanol–water partition coefficient (Wildman–Crippen LogP) is 19.6. The maximum Gasteiger partial charge on any atom is 0.416 e. The molecule has 0 aliphatic rings. The Morgan fingerprint density at radius 2 is 0.688 bits per heavy atom. The monoisotopic (exact) mass is 1090 g/mol. The fourth-order valence-electron chi connectivity index (χ4n) is 10.5. The molecule has 0 spiro atoms. The SMILES string of the molecule is N#Cc1cc(-n2c3ccccc3c3cc(-c4cc(C(F)(F)F)cc(C(F)(F)F)c4)ccc32)c(-c2cc(-c3ccccc3)nc(-c3ccccc3)c2)cc1-n1c2ccccc2c2cc(-c3cc(C(F)(F)F)cc(C(F)(F)F)c3)ccc21. The van der Waals surface area contributed by atoms with Crippen molar-refractivity contribution in [2.45, 2.75) is 24.7 Å². The van der Waals surface area contributed by atoms with E-state index in [2.05, 4.69) is 6.07 Å². The van der Waals surface area contributed by atoms with Gasteiger partial charge in [0.1, 0.15) is 6.07 Å². The number of fused-ring (bicyclic) bond motifs is 6. The lowest BCUT2D eigenvalue weighted by Gasteiger charge is -2.20. The third kappa shape index (κ3) is 9.13. The molecule has 0 saturated carbocycles. The van der Waals surface area contributed by atoms with E-state index < -0.39 is 47.0 Å². The van der Waals surface area contributed by atoms with E-state index in [0.29, 0.717) is 102 Å². The number of aromatic nitrogens is 3. The van der Waals surface area contributed by atoms with Gasteiger partial charge in [-0.3, -0.25) is 0 Å². The molecule has 80 heavy (non-hydrogen) atoms. The van der Waals surface area contributed by atoms with Crippen LogP contribution >= 0.6 is 0 Å². The summed E-state index contributed by atoms with van der Waals surface area (Å²) in [6.45, 7) is 0. The van der Waals surface area contributed by atoms with Crippen molar-refractivity contribution >= 4 is 43.6 Å². The molecule has 9 aromatic carbocycles. The molecule has 0 fully saturated rings. The smallest absolute Gasteiger partial charge is 0.309 e. The van der Waals surface area contributed by atoms with Crippen LogP contribution in [0.15, 0.2) is 206 Å². The summed E-state index contributed by atoms with van der Waals surface area (Å²) < 4.78 is 173. The van der Waals surface area contributed by atoms with Gasteiger partial charge in [0.2, 0.25) is 0 Å². The van der Waals surface area contributed by atoms with Gasteiger partial charge < -0.3 is 9.13 Å². The standard InChI is InChI=1S/C64H34F12N4/c65-61(66,67)44-23-40(24-45(32-44)62(68,69)70)38-19-21-57-51(27-38)48-15-7-9-17-55(48)79(57)59-34-50(42-29-53(36-11-3-1-4-12-36)78-54(30-42)37-13-5-2-6-14-37)60(31-43(59)35-77)80-56-18-10-8-16-49(56)52-28-39(20-22-58(52)80)41-25-46(63(71,72)73)33-47(26-41)64(74,75)76/h1-34H. The molecule has 3 heterocycles. The molecule has 4 nitrogen and oxygen atoms in total. The summed E-state index contributed by atoms with van der Waals surface area (Å²) in [6, 6.07) is 54.4. The molecule has 0 saturated heterocycles. The average molecular weight is 1090 g/mol. The van der Waals surface area contributed by atoms with Gasteiger partial charge in [-0.15, -0.1) is 0 Å². The molecule has 0 unspecified atom stereocenters. The molecule has 0 amide bonds. The molecular formula is C64H34F12N4. The first kappa shape index (κ1) is 51.2. The second-order valence-corrected chi connectivity index (χ2v) is 19.1. The van der Waals surface area contributed by atoms with E-state index in [-0.39, 0.29) is 39.9 Å². The van der Waals surface area contributed by atoms with Crippen molar-refractivity contribution in [3.05, 3.63) is 234 Å². The topological polar surface area (TPSA) is 46.5 Å². The van der Waals surface area contributed by atoms with Gasteiger partial charge in [-0.2, -0.15) is 57.9 Å². The minimum atomic E-state index is -5.09. The quantitative estimate of drug-likeness (QED) is 0.149. The van der Waals surface area contributed by atoms with Gasteiger partial charge in [-0.1, -0.05) is 109 Å². The summed E-state index contributed by atoms with van der Waals surface area (Å²) in [5.41, 5.74) is 0.253. The van der Waals surface area contributed by atoms with Crippen molar-refractivity contribution in [3.8, 4) is 73.3 Å². The highest BCUT2D eigenvalue weighted by molar-refractivity contribution is 6.12. The number of nitrogens with zero attached hydrogens (tertiary/aromatic N) is 4. The lowest BCUT2D eigenvalue weighted by molar-refractivity contribution is -0.144. The Hall–Kier alpha value is -9.62. The molecule has 0 atom stereocenters. The number of halogens is 12. The van der Waals surface area contributed by atoms with E-state index in [0.717, 1.165) is 11.1 Å². The molecule has 0 bridgehead atoms. The van der Waals surface area contributed by atoms with Crippen molar-refractivity contribution in [1.29, 1.82) is 5.26 Å².